The molecular weight excluding hydrogens is 333 g/mol. The first-order valence-electron chi connectivity index (χ1n) is 7.20. The Labute approximate surface area is 144 Å². The molecule has 4 nitrogen and oxygen atoms in total. The smallest absolute Gasteiger partial charge is 0.224 e. The third-order valence-electron chi connectivity index (χ3n) is 3.28. The number of ether oxygens (including phenoxy) is 1. The van der Waals surface area contributed by atoms with Crippen LogP contribution in [-0.4, -0.2) is 22.6 Å². The first kappa shape index (κ1) is 15.8. The molecule has 23 heavy (non-hydrogen) atoms. The van der Waals surface area contributed by atoms with Gasteiger partial charge in [-0.15, -0.1) is 0 Å². The van der Waals surface area contributed by atoms with Crippen LogP contribution in [0.15, 0.2) is 48.5 Å². The summed E-state index contributed by atoms with van der Waals surface area (Å²) in [5, 5.41) is 5.11. The van der Waals surface area contributed by atoms with E-state index >= 15 is 0 Å². The molecule has 0 spiro atoms. The summed E-state index contributed by atoms with van der Waals surface area (Å²) in [5.41, 5.74) is 0.807. The number of anilines is 1. The topological polar surface area (TPSA) is 47.0 Å². The van der Waals surface area contributed by atoms with E-state index in [1.807, 2.05) is 43.3 Å². The van der Waals surface area contributed by atoms with Crippen molar-refractivity contribution in [3.05, 3.63) is 58.8 Å². The number of rotatable bonds is 5. The molecule has 0 aliphatic rings. The zero-order valence-corrected chi connectivity index (χ0v) is 14.0. The maximum atomic E-state index is 5.98. The van der Waals surface area contributed by atoms with Crippen LogP contribution in [0.4, 0.5) is 5.82 Å². The molecule has 118 valence electrons. The largest absolute Gasteiger partial charge is 0.489 e. The average molecular weight is 348 g/mol. The zero-order valence-electron chi connectivity index (χ0n) is 12.5. The molecule has 0 bridgehead atoms. The molecular formula is C17H15Cl2N3O. The van der Waals surface area contributed by atoms with Gasteiger partial charge in [-0.3, -0.25) is 0 Å². The average Bonchev–Trinajstić information content (AvgIpc) is 2.54. The van der Waals surface area contributed by atoms with Crippen LogP contribution in [0.1, 0.15) is 6.92 Å². The third kappa shape index (κ3) is 4.03. The van der Waals surface area contributed by atoms with E-state index in [1.165, 1.54) is 0 Å². The highest BCUT2D eigenvalue weighted by Crippen LogP contribution is 2.22. The Morgan fingerprint density at radius 1 is 1.04 bits per heavy atom. The van der Waals surface area contributed by atoms with Crippen molar-refractivity contribution in [1.29, 1.82) is 0 Å². The SMILES string of the molecule is CC(CNc1nc(Cl)nc2ccccc12)Oc1ccc(Cl)cc1. The van der Waals surface area contributed by atoms with Crippen molar-refractivity contribution >= 4 is 39.9 Å². The van der Waals surface area contributed by atoms with Crippen LogP contribution in [-0.2, 0) is 0 Å². The highest BCUT2D eigenvalue weighted by Gasteiger charge is 2.09. The lowest BCUT2D eigenvalue weighted by molar-refractivity contribution is 0.234. The minimum absolute atomic E-state index is 0.0521. The van der Waals surface area contributed by atoms with Gasteiger partial charge in [0.25, 0.3) is 0 Å². The normalized spacial score (nSPS) is 12.1. The Morgan fingerprint density at radius 3 is 2.57 bits per heavy atom. The number of aromatic nitrogens is 2. The molecule has 1 unspecified atom stereocenters. The molecule has 0 aliphatic heterocycles. The van der Waals surface area contributed by atoms with Crippen LogP contribution < -0.4 is 10.1 Å². The Kier molecular flexibility index (Phi) is 4.84. The molecule has 0 saturated carbocycles. The fourth-order valence-electron chi connectivity index (χ4n) is 2.21. The highest BCUT2D eigenvalue weighted by atomic mass is 35.5. The van der Waals surface area contributed by atoms with Crippen molar-refractivity contribution in [1.82, 2.24) is 9.97 Å². The van der Waals surface area contributed by atoms with Crippen molar-refractivity contribution < 1.29 is 4.74 Å². The third-order valence-corrected chi connectivity index (χ3v) is 3.70. The van der Waals surface area contributed by atoms with E-state index in [0.29, 0.717) is 17.4 Å². The van der Waals surface area contributed by atoms with Crippen LogP contribution >= 0.6 is 23.2 Å². The minimum atomic E-state index is -0.0521. The molecule has 2 aromatic carbocycles. The van der Waals surface area contributed by atoms with Gasteiger partial charge >= 0.3 is 0 Å². The lowest BCUT2D eigenvalue weighted by Crippen LogP contribution is -2.23. The van der Waals surface area contributed by atoms with E-state index in [-0.39, 0.29) is 11.4 Å². The first-order chi connectivity index (χ1) is 11.1. The quantitative estimate of drug-likeness (QED) is 0.672. The van der Waals surface area contributed by atoms with Crippen molar-refractivity contribution in [3.63, 3.8) is 0 Å². The fourth-order valence-corrected chi connectivity index (χ4v) is 2.51. The summed E-state index contributed by atoms with van der Waals surface area (Å²) in [6.07, 6.45) is -0.0521. The van der Waals surface area contributed by atoms with Crippen molar-refractivity contribution in [2.75, 3.05) is 11.9 Å². The van der Waals surface area contributed by atoms with E-state index in [1.54, 1.807) is 12.1 Å². The second-order valence-corrected chi connectivity index (χ2v) is 5.90. The molecule has 1 aromatic heterocycles. The van der Waals surface area contributed by atoms with E-state index in [2.05, 4.69) is 15.3 Å². The van der Waals surface area contributed by atoms with Crippen molar-refractivity contribution in [3.8, 4) is 5.75 Å². The van der Waals surface area contributed by atoms with Crippen molar-refractivity contribution in [2.24, 2.45) is 0 Å². The number of para-hydroxylation sites is 1. The second kappa shape index (κ2) is 7.02. The number of fused-ring (bicyclic) bond motifs is 1. The Morgan fingerprint density at radius 2 is 1.78 bits per heavy atom. The van der Waals surface area contributed by atoms with Gasteiger partial charge in [0.2, 0.25) is 5.28 Å². The van der Waals surface area contributed by atoms with Gasteiger partial charge < -0.3 is 10.1 Å². The van der Waals surface area contributed by atoms with Crippen LogP contribution in [0.2, 0.25) is 10.3 Å². The number of halogens is 2. The van der Waals surface area contributed by atoms with Crippen LogP contribution in [0.3, 0.4) is 0 Å². The molecule has 0 radical (unpaired) electrons. The molecule has 0 fully saturated rings. The number of nitrogens with zero attached hydrogens (tertiary/aromatic N) is 2. The molecule has 3 rings (SSSR count). The Hall–Kier alpha value is -2.04. The van der Waals surface area contributed by atoms with E-state index in [9.17, 15) is 0 Å². The summed E-state index contributed by atoms with van der Waals surface area (Å²) < 4.78 is 5.84. The lowest BCUT2D eigenvalue weighted by Gasteiger charge is -2.16. The van der Waals surface area contributed by atoms with Crippen LogP contribution in [0.25, 0.3) is 10.9 Å². The predicted molar refractivity (Wildman–Crippen MR) is 94.6 cm³/mol. The number of benzene rings is 2. The summed E-state index contributed by atoms with van der Waals surface area (Å²) in [6, 6.07) is 15.0. The second-order valence-electron chi connectivity index (χ2n) is 5.12. The molecule has 0 amide bonds. The van der Waals surface area contributed by atoms with Gasteiger partial charge in [-0.05, 0) is 54.9 Å². The van der Waals surface area contributed by atoms with Gasteiger partial charge in [0, 0.05) is 10.4 Å². The van der Waals surface area contributed by atoms with Crippen molar-refractivity contribution in [2.45, 2.75) is 13.0 Å². The first-order valence-corrected chi connectivity index (χ1v) is 7.96. The number of hydrogen-bond acceptors (Lipinski definition) is 4. The maximum Gasteiger partial charge on any atom is 0.224 e. The molecule has 1 atom stereocenters. The van der Waals surface area contributed by atoms with Gasteiger partial charge in [0.05, 0.1) is 12.1 Å². The summed E-state index contributed by atoms with van der Waals surface area (Å²) >= 11 is 11.8. The van der Waals surface area contributed by atoms with Gasteiger partial charge in [0.15, 0.2) is 0 Å². The summed E-state index contributed by atoms with van der Waals surface area (Å²) in [5.74, 6) is 1.47. The molecule has 0 aliphatic carbocycles. The predicted octanol–water partition coefficient (Wildman–Crippen LogP) is 4.82. The monoisotopic (exact) mass is 347 g/mol. The van der Waals surface area contributed by atoms with Gasteiger partial charge in [-0.25, -0.2) is 9.97 Å². The lowest BCUT2D eigenvalue weighted by atomic mass is 10.2. The summed E-state index contributed by atoms with van der Waals surface area (Å²) in [4.78, 5) is 8.47. The Balaban J connectivity index is 1.69. The molecule has 1 N–H and O–H groups in total. The van der Waals surface area contributed by atoms with E-state index in [0.717, 1.165) is 16.7 Å². The van der Waals surface area contributed by atoms with Crippen LogP contribution in [0, 0.1) is 0 Å². The molecule has 6 heteroatoms. The zero-order chi connectivity index (χ0) is 16.2. The number of hydrogen-bond donors (Lipinski definition) is 1. The fraction of sp³-hybridized carbons (Fsp3) is 0.176. The molecule has 3 aromatic rings. The van der Waals surface area contributed by atoms with E-state index < -0.39 is 0 Å². The molecule has 1 heterocycles. The van der Waals surface area contributed by atoms with Crippen LogP contribution in [0.5, 0.6) is 5.75 Å². The van der Waals surface area contributed by atoms with Gasteiger partial charge in [-0.1, -0.05) is 23.7 Å². The molecule has 0 saturated heterocycles. The highest BCUT2D eigenvalue weighted by molar-refractivity contribution is 6.30. The summed E-state index contributed by atoms with van der Waals surface area (Å²) in [6.45, 7) is 2.56. The standard InChI is InChI=1S/C17H15Cl2N3O/c1-11(23-13-8-6-12(18)7-9-13)10-20-16-14-4-2-3-5-15(14)21-17(19)22-16/h2-9,11H,10H2,1H3,(H,20,21,22). The van der Waals surface area contributed by atoms with Gasteiger partial charge in [-0.2, -0.15) is 0 Å². The minimum Gasteiger partial charge on any atom is -0.489 e. The maximum absolute atomic E-state index is 5.98. The number of nitrogens with one attached hydrogen (secondary N) is 1. The Bertz CT molecular complexity index is 809. The summed E-state index contributed by atoms with van der Waals surface area (Å²) in [7, 11) is 0. The van der Waals surface area contributed by atoms with Gasteiger partial charge in [0.1, 0.15) is 17.7 Å². The van der Waals surface area contributed by atoms with E-state index in [4.69, 9.17) is 27.9 Å².